The van der Waals surface area contributed by atoms with E-state index in [1.807, 2.05) is 24.3 Å². The molecule has 1 nitrogen and oxygen atoms in total. The number of halogens is 3. The first-order valence-corrected chi connectivity index (χ1v) is 6.84. The monoisotopic (exact) mass is 406 g/mol. The van der Waals surface area contributed by atoms with Crippen LogP contribution in [0.25, 0.3) is 0 Å². The Hall–Kier alpha value is -0.620. The van der Waals surface area contributed by atoms with Crippen LogP contribution in [0.5, 0.6) is 5.75 Å². The molecule has 2 aromatic carbocycles. The van der Waals surface area contributed by atoms with Gasteiger partial charge in [-0.25, -0.2) is 4.39 Å². The molecular formula is C13H9BrFIO. The smallest absolute Gasteiger partial charge is 0.128 e. The molecule has 0 spiro atoms. The summed E-state index contributed by atoms with van der Waals surface area (Å²) < 4.78 is 20.5. The number of ether oxygens (including phenoxy) is 1. The van der Waals surface area contributed by atoms with Crippen LogP contribution in [0.15, 0.2) is 46.9 Å². The van der Waals surface area contributed by atoms with E-state index in [-0.39, 0.29) is 5.82 Å². The highest BCUT2D eigenvalue weighted by Crippen LogP contribution is 2.21. The van der Waals surface area contributed by atoms with Crippen molar-refractivity contribution in [2.75, 3.05) is 0 Å². The van der Waals surface area contributed by atoms with Crippen molar-refractivity contribution in [2.45, 2.75) is 6.61 Å². The Morgan fingerprint density at radius 3 is 2.47 bits per heavy atom. The molecule has 0 aliphatic rings. The van der Waals surface area contributed by atoms with Gasteiger partial charge < -0.3 is 4.74 Å². The van der Waals surface area contributed by atoms with Crippen molar-refractivity contribution < 1.29 is 9.13 Å². The maximum Gasteiger partial charge on any atom is 0.128 e. The van der Waals surface area contributed by atoms with Crippen LogP contribution in [-0.2, 0) is 6.61 Å². The van der Waals surface area contributed by atoms with Crippen molar-refractivity contribution in [1.29, 1.82) is 0 Å². The Morgan fingerprint density at radius 2 is 1.82 bits per heavy atom. The van der Waals surface area contributed by atoms with Crippen LogP contribution in [0.1, 0.15) is 5.56 Å². The summed E-state index contributed by atoms with van der Waals surface area (Å²) in [5.41, 5.74) is 1.06. The van der Waals surface area contributed by atoms with E-state index < -0.39 is 0 Å². The van der Waals surface area contributed by atoms with Crippen LogP contribution in [0, 0.1) is 9.39 Å². The average Bonchev–Trinajstić information content (AvgIpc) is 2.27. The van der Waals surface area contributed by atoms with Gasteiger partial charge in [0.05, 0.1) is 0 Å². The first-order chi connectivity index (χ1) is 8.13. The lowest BCUT2D eigenvalue weighted by Crippen LogP contribution is -1.95. The Labute approximate surface area is 121 Å². The van der Waals surface area contributed by atoms with E-state index in [0.717, 1.165) is 5.56 Å². The van der Waals surface area contributed by atoms with Crippen molar-refractivity contribution in [3.63, 3.8) is 0 Å². The first-order valence-electron chi connectivity index (χ1n) is 4.97. The zero-order valence-electron chi connectivity index (χ0n) is 8.79. The maximum absolute atomic E-state index is 13.1. The van der Waals surface area contributed by atoms with Gasteiger partial charge >= 0.3 is 0 Å². The summed E-state index contributed by atoms with van der Waals surface area (Å²) in [6, 6.07) is 12.5. The number of benzene rings is 2. The highest BCUT2D eigenvalue weighted by atomic mass is 127. The van der Waals surface area contributed by atoms with Crippen molar-refractivity contribution in [3.05, 3.63) is 61.9 Å². The summed E-state index contributed by atoms with van der Waals surface area (Å²) in [5.74, 6) is 0.215. The minimum Gasteiger partial charge on any atom is -0.489 e. The maximum atomic E-state index is 13.1. The van der Waals surface area contributed by atoms with Crippen molar-refractivity contribution in [1.82, 2.24) is 0 Å². The van der Waals surface area contributed by atoms with Crippen LogP contribution in [0.2, 0.25) is 0 Å². The van der Waals surface area contributed by atoms with Crippen LogP contribution in [0.3, 0.4) is 0 Å². The molecule has 88 valence electrons. The van der Waals surface area contributed by atoms with E-state index in [1.165, 1.54) is 15.7 Å². The molecule has 0 saturated carbocycles. The Bertz CT molecular complexity index is 493. The molecule has 4 heteroatoms. The second-order valence-corrected chi connectivity index (χ2v) is 5.68. The Balaban J connectivity index is 2.04. The fraction of sp³-hybridized carbons (Fsp3) is 0.0769. The SMILES string of the molecule is Fc1cc(Br)cc(OCc2ccc(I)cc2)c1. The highest BCUT2D eigenvalue weighted by molar-refractivity contribution is 14.1. The van der Waals surface area contributed by atoms with E-state index in [4.69, 9.17) is 4.74 Å². The summed E-state index contributed by atoms with van der Waals surface area (Å²) in [6.07, 6.45) is 0. The number of rotatable bonds is 3. The summed E-state index contributed by atoms with van der Waals surface area (Å²) in [5, 5.41) is 0. The molecule has 0 aromatic heterocycles. The van der Waals surface area contributed by atoms with Crippen LogP contribution in [0.4, 0.5) is 4.39 Å². The largest absolute Gasteiger partial charge is 0.489 e. The van der Waals surface area contributed by atoms with Crippen molar-refractivity contribution in [2.24, 2.45) is 0 Å². The molecule has 0 unspecified atom stereocenters. The third kappa shape index (κ3) is 3.96. The molecule has 17 heavy (non-hydrogen) atoms. The van der Waals surface area contributed by atoms with E-state index >= 15 is 0 Å². The molecular weight excluding hydrogens is 398 g/mol. The third-order valence-corrected chi connectivity index (χ3v) is 3.33. The van der Waals surface area contributed by atoms with Crippen molar-refractivity contribution in [3.8, 4) is 5.75 Å². The van der Waals surface area contributed by atoms with Gasteiger partial charge in [-0.15, -0.1) is 0 Å². The molecule has 0 heterocycles. The van der Waals surface area contributed by atoms with Crippen LogP contribution in [-0.4, -0.2) is 0 Å². The second-order valence-electron chi connectivity index (χ2n) is 3.52. The quantitative estimate of drug-likeness (QED) is 0.667. The van der Waals surface area contributed by atoms with Gasteiger partial charge in [0.25, 0.3) is 0 Å². The van der Waals surface area contributed by atoms with Gasteiger partial charge in [-0.05, 0) is 52.4 Å². The van der Waals surface area contributed by atoms with Crippen molar-refractivity contribution >= 4 is 38.5 Å². The van der Waals surface area contributed by atoms with Crippen LogP contribution < -0.4 is 4.74 Å². The van der Waals surface area contributed by atoms with E-state index in [2.05, 4.69) is 38.5 Å². The van der Waals surface area contributed by atoms with Crippen LogP contribution >= 0.6 is 38.5 Å². The van der Waals surface area contributed by atoms with Gasteiger partial charge in [-0.2, -0.15) is 0 Å². The number of hydrogen-bond acceptors (Lipinski definition) is 1. The average molecular weight is 407 g/mol. The minimum absolute atomic E-state index is 0.308. The van der Waals surface area contributed by atoms with Gasteiger partial charge in [0.15, 0.2) is 0 Å². The topological polar surface area (TPSA) is 9.23 Å². The summed E-state index contributed by atoms with van der Waals surface area (Å²) in [4.78, 5) is 0. The van der Waals surface area contributed by atoms with Gasteiger partial charge in [-0.1, -0.05) is 28.1 Å². The molecule has 0 bridgehead atoms. The first kappa shape index (κ1) is 12.8. The molecule has 2 rings (SSSR count). The lowest BCUT2D eigenvalue weighted by atomic mass is 10.2. The molecule has 0 amide bonds. The van der Waals surface area contributed by atoms with E-state index in [1.54, 1.807) is 6.07 Å². The molecule has 2 aromatic rings. The lowest BCUT2D eigenvalue weighted by Gasteiger charge is -2.07. The second kappa shape index (κ2) is 5.82. The molecule has 0 saturated heterocycles. The van der Waals surface area contributed by atoms with Gasteiger partial charge in [-0.3, -0.25) is 0 Å². The highest BCUT2D eigenvalue weighted by Gasteiger charge is 2.00. The predicted octanol–water partition coefficient (Wildman–Crippen LogP) is 4.77. The molecule has 0 radical (unpaired) electrons. The fourth-order valence-corrected chi connectivity index (χ4v) is 2.16. The van der Waals surface area contributed by atoms with Gasteiger partial charge in [0.2, 0.25) is 0 Å². The zero-order valence-corrected chi connectivity index (χ0v) is 12.5. The summed E-state index contributed by atoms with van der Waals surface area (Å²) in [7, 11) is 0. The van der Waals surface area contributed by atoms with E-state index in [9.17, 15) is 4.39 Å². The zero-order chi connectivity index (χ0) is 12.3. The van der Waals surface area contributed by atoms with Gasteiger partial charge in [0, 0.05) is 14.1 Å². The Morgan fingerprint density at radius 1 is 1.12 bits per heavy atom. The lowest BCUT2D eigenvalue weighted by molar-refractivity contribution is 0.304. The molecule has 0 fully saturated rings. The standard InChI is InChI=1S/C13H9BrFIO/c14-10-5-11(15)7-13(6-10)17-8-9-1-3-12(16)4-2-9/h1-7H,8H2. The fourth-order valence-electron chi connectivity index (χ4n) is 1.36. The number of hydrogen-bond donors (Lipinski definition) is 0. The summed E-state index contributed by atoms with van der Waals surface area (Å²) in [6.45, 7) is 0.437. The molecule has 0 N–H and O–H groups in total. The third-order valence-electron chi connectivity index (χ3n) is 2.15. The molecule has 0 aliphatic heterocycles. The minimum atomic E-state index is -0.308. The van der Waals surface area contributed by atoms with E-state index in [0.29, 0.717) is 16.8 Å². The normalized spacial score (nSPS) is 10.3. The molecule has 0 aliphatic carbocycles. The van der Waals surface area contributed by atoms with Gasteiger partial charge in [0.1, 0.15) is 18.2 Å². The predicted molar refractivity (Wildman–Crippen MR) is 77.6 cm³/mol. The Kier molecular flexibility index (Phi) is 4.39. The molecule has 0 atom stereocenters. The summed E-state index contributed by atoms with van der Waals surface area (Å²) >= 11 is 5.48.